The Morgan fingerprint density at radius 1 is 1.22 bits per heavy atom. The van der Waals surface area contributed by atoms with Crippen molar-refractivity contribution in [2.45, 2.75) is 6.42 Å². The quantitative estimate of drug-likeness (QED) is 0.829. The molecule has 0 radical (unpaired) electrons. The van der Waals surface area contributed by atoms with Crippen molar-refractivity contribution in [3.63, 3.8) is 0 Å². The highest BCUT2D eigenvalue weighted by Gasteiger charge is 2.01. The average molecular weight is 259 g/mol. The lowest BCUT2D eigenvalue weighted by atomic mass is 10.3. The largest absolute Gasteiger partial charge is 0.493 e. The molecule has 0 aromatic carbocycles. The summed E-state index contributed by atoms with van der Waals surface area (Å²) in [5.74, 6) is 0.712. The van der Waals surface area contributed by atoms with Crippen LogP contribution in [0.5, 0.6) is 5.75 Å². The summed E-state index contributed by atoms with van der Waals surface area (Å²) in [6, 6.07) is 9.33. The van der Waals surface area contributed by atoms with Crippen LogP contribution >= 0.6 is 12.2 Å². The van der Waals surface area contributed by atoms with Gasteiger partial charge in [-0.3, -0.25) is 9.97 Å². The maximum atomic E-state index is 5.61. The van der Waals surface area contributed by atoms with Crippen LogP contribution < -0.4 is 10.5 Å². The van der Waals surface area contributed by atoms with Crippen LogP contribution in [0.3, 0.4) is 0 Å². The Morgan fingerprint density at radius 2 is 2.11 bits per heavy atom. The van der Waals surface area contributed by atoms with Crippen LogP contribution in [-0.4, -0.2) is 21.6 Å². The molecular formula is C13H13N3OS. The fourth-order valence-electron chi connectivity index (χ4n) is 1.46. The molecule has 0 unspecified atom stereocenters. The lowest BCUT2D eigenvalue weighted by Gasteiger charge is -2.06. The van der Waals surface area contributed by atoms with Gasteiger partial charge >= 0.3 is 0 Å². The normalized spacial score (nSPS) is 10.0. The van der Waals surface area contributed by atoms with Crippen LogP contribution in [0.2, 0.25) is 0 Å². The van der Waals surface area contributed by atoms with Gasteiger partial charge in [-0.05, 0) is 18.2 Å². The molecule has 0 fully saturated rings. The van der Waals surface area contributed by atoms with Gasteiger partial charge in [-0.2, -0.15) is 0 Å². The molecule has 18 heavy (non-hydrogen) atoms. The zero-order valence-electron chi connectivity index (χ0n) is 9.74. The van der Waals surface area contributed by atoms with Gasteiger partial charge in [-0.25, -0.2) is 0 Å². The highest BCUT2D eigenvalue weighted by Crippen LogP contribution is 2.11. The molecule has 0 atom stereocenters. The monoisotopic (exact) mass is 259 g/mol. The average Bonchev–Trinajstić information content (AvgIpc) is 2.40. The first kappa shape index (κ1) is 12.4. The van der Waals surface area contributed by atoms with E-state index in [1.165, 1.54) is 0 Å². The summed E-state index contributed by atoms with van der Waals surface area (Å²) in [5, 5.41) is 0. The number of hydrogen-bond donors (Lipinski definition) is 1. The van der Waals surface area contributed by atoms with Crippen molar-refractivity contribution >= 4 is 17.2 Å². The summed E-state index contributed by atoms with van der Waals surface area (Å²) >= 11 is 4.86. The first-order valence-corrected chi connectivity index (χ1v) is 5.95. The Labute approximate surface area is 111 Å². The number of rotatable bonds is 5. The first-order chi connectivity index (χ1) is 8.75. The molecule has 2 heterocycles. The van der Waals surface area contributed by atoms with Gasteiger partial charge in [0.25, 0.3) is 0 Å². The van der Waals surface area contributed by atoms with E-state index in [0.717, 1.165) is 12.1 Å². The number of hydrogen-bond acceptors (Lipinski definition) is 4. The predicted molar refractivity (Wildman–Crippen MR) is 73.6 cm³/mol. The Hall–Kier alpha value is -2.01. The maximum absolute atomic E-state index is 5.61. The molecule has 0 saturated heterocycles. The maximum Gasteiger partial charge on any atom is 0.123 e. The first-order valence-electron chi connectivity index (χ1n) is 5.54. The third-order valence-corrected chi connectivity index (χ3v) is 2.55. The van der Waals surface area contributed by atoms with E-state index >= 15 is 0 Å². The highest BCUT2D eigenvalue weighted by atomic mass is 32.1. The standard InChI is InChI=1S/C13H13N3OS/c14-13(18)12-9-11(4-7-16-12)17-8-5-10-3-1-2-6-15-10/h1-4,6-7,9H,5,8H2,(H2,14,18). The molecule has 0 aliphatic heterocycles. The Bertz CT molecular complexity index is 531. The van der Waals surface area contributed by atoms with Crippen molar-refractivity contribution in [3.8, 4) is 5.75 Å². The topological polar surface area (TPSA) is 61.0 Å². The lowest BCUT2D eigenvalue weighted by molar-refractivity contribution is 0.320. The number of pyridine rings is 2. The van der Waals surface area contributed by atoms with Gasteiger partial charge in [-0.15, -0.1) is 0 Å². The lowest BCUT2D eigenvalue weighted by Crippen LogP contribution is -2.11. The predicted octanol–water partition coefficient (Wildman–Crippen LogP) is 1.73. The fraction of sp³-hybridized carbons (Fsp3) is 0.154. The second kappa shape index (κ2) is 6.07. The van der Waals surface area contributed by atoms with Crippen molar-refractivity contribution in [3.05, 3.63) is 54.1 Å². The summed E-state index contributed by atoms with van der Waals surface area (Å²) < 4.78 is 5.61. The second-order valence-electron chi connectivity index (χ2n) is 3.66. The van der Waals surface area contributed by atoms with Crippen LogP contribution in [0, 0.1) is 0 Å². The highest BCUT2D eigenvalue weighted by molar-refractivity contribution is 7.80. The molecule has 0 amide bonds. The summed E-state index contributed by atoms with van der Waals surface area (Å²) in [5.41, 5.74) is 7.08. The second-order valence-corrected chi connectivity index (χ2v) is 4.10. The minimum atomic E-state index is 0.269. The van der Waals surface area contributed by atoms with E-state index in [0.29, 0.717) is 18.1 Å². The van der Waals surface area contributed by atoms with Crippen LogP contribution in [0.15, 0.2) is 42.7 Å². The number of nitrogens with zero attached hydrogens (tertiary/aromatic N) is 2. The van der Waals surface area contributed by atoms with Gasteiger partial charge in [-0.1, -0.05) is 18.3 Å². The van der Waals surface area contributed by atoms with E-state index in [-0.39, 0.29) is 4.99 Å². The molecule has 0 aliphatic rings. The van der Waals surface area contributed by atoms with Crippen LogP contribution in [0.4, 0.5) is 0 Å². The molecule has 0 saturated carbocycles. The van der Waals surface area contributed by atoms with Crippen molar-refractivity contribution in [1.82, 2.24) is 9.97 Å². The molecule has 2 aromatic heterocycles. The molecule has 92 valence electrons. The van der Waals surface area contributed by atoms with Crippen LogP contribution in [0.25, 0.3) is 0 Å². The van der Waals surface area contributed by atoms with E-state index < -0.39 is 0 Å². The number of ether oxygens (including phenoxy) is 1. The Balaban J connectivity index is 1.90. The Morgan fingerprint density at radius 3 is 2.83 bits per heavy atom. The molecule has 0 aliphatic carbocycles. The summed E-state index contributed by atoms with van der Waals surface area (Å²) in [6.07, 6.45) is 4.16. The zero-order chi connectivity index (χ0) is 12.8. The number of thiocarbonyl (C=S) groups is 1. The SMILES string of the molecule is NC(=S)c1cc(OCCc2ccccn2)ccn1. The van der Waals surface area contributed by atoms with E-state index in [4.69, 9.17) is 22.7 Å². The van der Waals surface area contributed by atoms with Gasteiger partial charge in [0.05, 0.1) is 6.61 Å². The summed E-state index contributed by atoms with van der Waals surface area (Å²) in [7, 11) is 0. The molecule has 4 nitrogen and oxygen atoms in total. The zero-order valence-corrected chi connectivity index (χ0v) is 10.6. The third-order valence-electron chi connectivity index (χ3n) is 2.34. The summed E-state index contributed by atoms with van der Waals surface area (Å²) in [4.78, 5) is 8.54. The van der Waals surface area contributed by atoms with Gasteiger partial charge in [0, 0.05) is 30.6 Å². The molecule has 5 heteroatoms. The smallest absolute Gasteiger partial charge is 0.123 e. The van der Waals surface area contributed by atoms with Crippen molar-refractivity contribution in [2.24, 2.45) is 5.73 Å². The van der Waals surface area contributed by atoms with E-state index in [1.54, 1.807) is 24.5 Å². The van der Waals surface area contributed by atoms with Crippen molar-refractivity contribution < 1.29 is 4.74 Å². The Kier molecular flexibility index (Phi) is 4.20. The fourth-order valence-corrected chi connectivity index (χ4v) is 1.57. The number of aromatic nitrogens is 2. The molecule has 2 rings (SSSR count). The van der Waals surface area contributed by atoms with E-state index in [9.17, 15) is 0 Å². The molecular weight excluding hydrogens is 246 g/mol. The minimum absolute atomic E-state index is 0.269. The van der Waals surface area contributed by atoms with Crippen molar-refractivity contribution in [2.75, 3.05) is 6.61 Å². The van der Waals surface area contributed by atoms with Gasteiger partial charge in [0.15, 0.2) is 0 Å². The van der Waals surface area contributed by atoms with E-state index in [2.05, 4.69) is 9.97 Å². The van der Waals surface area contributed by atoms with Crippen molar-refractivity contribution in [1.29, 1.82) is 0 Å². The number of nitrogens with two attached hydrogens (primary N) is 1. The molecule has 0 spiro atoms. The van der Waals surface area contributed by atoms with Crippen LogP contribution in [-0.2, 0) is 6.42 Å². The molecule has 2 N–H and O–H groups in total. The van der Waals surface area contributed by atoms with Gasteiger partial charge in [0.2, 0.25) is 0 Å². The molecule has 2 aromatic rings. The minimum Gasteiger partial charge on any atom is -0.493 e. The van der Waals surface area contributed by atoms with Crippen LogP contribution in [0.1, 0.15) is 11.4 Å². The molecule has 0 bridgehead atoms. The van der Waals surface area contributed by atoms with Gasteiger partial charge < -0.3 is 10.5 Å². The summed E-state index contributed by atoms with van der Waals surface area (Å²) in [6.45, 7) is 0.553. The van der Waals surface area contributed by atoms with E-state index in [1.807, 2.05) is 18.2 Å². The van der Waals surface area contributed by atoms with Gasteiger partial charge in [0.1, 0.15) is 16.4 Å². The third kappa shape index (κ3) is 3.49.